The van der Waals surface area contributed by atoms with Gasteiger partial charge in [0.15, 0.2) is 0 Å². The summed E-state index contributed by atoms with van der Waals surface area (Å²) in [4.78, 5) is 23.3. The van der Waals surface area contributed by atoms with Crippen LogP contribution in [-0.4, -0.2) is 36.1 Å². The Labute approximate surface area is 135 Å². The van der Waals surface area contributed by atoms with Crippen LogP contribution in [0, 0.1) is 0 Å². The van der Waals surface area contributed by atoms with E-state index in [4.69, 9.17) is 4.74 Å². The lowest BCUT2D eigenvalue weighted by Gasteiger charge is -2.26. The van der Waals surface area contributed by atoms with Crippen LogP contribution in [-0.2, 0) is 0 Å². The third kappa shape index (κ3) is 3.59. The van der Waals surface area contributed by atoms with Gasteiger partial charge in [0, 0.05) is 19.3 Å². The van der Waals surface area contributed by atoms with Gasteiger partial charge in [0.05, 0.1) is 12.8 Å². The lowest BCUT2D eigenvalue weighted by Crippen LogP contribution is -2.31. The molecule has 0 radical (unpaired) electrons. The van der Waals surface area contributed by atoms with E-state index in [1.165, 1.54) is 6.42 Å². The highest BCUT2D eigenvalue weighted by Crippen LogP contribution is 2.23. The molecule has 0 saturated carbocycles. The molecule has 6 nitrogen and oxygen atoms in total. The first-order valence-electron chi connectivity index (χ1n) is 7.80. The van der Waals surface area contributed by atoms with Crippen LogP contribution in [0.3, 0.4) is 0 Å². The van der Waals surface area contributed by atoms with Crippen molar-refractivity contribution in [2.75, 3.05) is 30.4 Å². The van der Waals surface area contributed by atoms with Crippen molar-refractivity contribution in [3.63, 3.8) is 0 Å². The molecule has 1 aliphatic heterocycles. The monoisotopic (exact) mass is 312 g/mol. The zero-order valence-corrected chi connectivity index (χ0v) is 13.2. The minimum Gasteiger partial charge on any atom is -0.495 e. The van der Waals surface area contributed by atoms with Crippen molar-refractivity contribution in [3.8, 4) is 5.75 Å². The molecule has 0 spiro atoms. The summed E-state index contributed by atoms with van der Waals surface area (Å²) in [6.45, 7) is 1.88. The van der Waals surface area contributed by atoms with Gasteiger partial charge in [-0.1, -0.05) is 12.1 Å². The number of amides is 1. The molecule has 120 valence electrons. The summed E-state index contributed by atoms with van der Waals surface area (Å²) in [5, 5.41) is 2.84. The Hall–Kier alpha value is -2.63. The topological polar surface area (TPSA) is 67.3 Å². The lowest BCUT2D eigenvalue weighted by molar-refractivity contribution is 0.102. The molecule has 0 atom stereocenters. The Morgan fingerprint density at radius 2 is 1.96 bits per heavy atom. The van der Waals surface area contributed by atoms with Crippen molar-refractivity contribution < 1.29 is 9.53 Å². The molecule has 1 N–H and O–H groups in total. The first kappa shape index (κ1) is 15.3. The van der Waals surface area contributed by atoms with Crippen molar-refractivity contribution in [1.82, 2.24) is 9.97 Å². The third-order valence-corrected chi connectivity index (χ3v) is 3.87. The van der Waals surface area contributed by atoms with Crippen LogP contribution >= 0.6 is 0 Å². The van der Waals surface area contributed by atoms with Crippen molar-refractivity contribution >= 4 is 17.5 Å². The maximum atomic E-state index is 12.4. The molecule has 2 heterocycles. The maximum Gasteiger partial charge on any atom is 0.274 e. The van der Waals surface area contributed by atoms with E-state index in [0.29, 0.717) is 23.1 Å². The number of hydrogen-bond donors (Lipinski definition) is 1. The van der Waals surface area contributed by atoms with Crippen LogP contribution < -0.4 is 15.0 Å². The number of para-hydroxylation sites is 2. The number of hydrogen-bond acceptors (Lipinski definition) is 5. The largest absolute Gasteiger partial charge is 0.495 e. The minimum absolute atomic E-state index is 0.268. The highest BCUT2D eigenvalue weighted by molar-refractivity contribution is 6.03. The van der Waals surface area contributed by atoms with Gasteiger partial charge in [0.1, 0.15) is 11.4 Å². The highest BCUT2D eigenvalue weighted by atomic mass is 16.5. The number of anilines is 2. The Morgan fingerprint density at radius 3 is 2.74 bits per heavy atom. The molecule has 1 fully saturated rings. The predicted octanol–water partition coefficient (Wildman–Crippen LogP) is 2.73. The SMILES string of the molecule is COc1ccccc1NC(=O)c1ccnc(N2CCCCC2)n1. The number of nitrogens with zero attached hydrogens (tertiary/aromatic N) is 3. The fourth-order valence-corrected chi connectivity index (χ4v) is 2.66. The number of nitrogens with one attached hydrogen (secondary N) is 1. The van der Waals surface area contributed by atoms with E-state index in [0.717, 1.165) is 25.9 Å². The first-order chi connectivity index (χ1) is 11.3. The van der Waals surface area contributed by atoms with Gasteiger partial charge in [-0.2, -0.15) is 0 Å². The zero-order valence-electron chi connectivity index (χ0n) is 13.2. The predicted molar refractivity (Wildman–Crippen MR) is 89.0 cm³/mol. The van der Waals surface area contributed by atoms with Gasteiger partial charge < -0.3 is 15.0 Å². The average Bonchev–Trinajstić information content (AvgIpc) is 2.63. The second-order valence-corrected chi connectivity index (χ2v) is 5.44. The normalized spacial score (nSPS) is 14.4. The van der Waals surface area contributed by atoms with Gasteiger partial charge in [-0.25, -0.2) is 9.97 Å². The van der Waals surface area contributed by atoms with Gasteiger partial charge in [0.25, 0.3) is 5.91 Å². The van der Waals surface area contributed by atoms with Gasteiger partial charge in [-0.3, -0.25) is 4.79 Å². The van der Waals surface area contributed by atoms with E-state index in [1.54, 1.807) is 31.5 Å². The van der Waals surface area contributed by atoms with Gasteiger partial charge in [-0.05, 0) is 37.5 Å². The van der Waals surface area contributed by atoms with Gasteiger partial charge in [0.2, 0.25) is 5.95 Å². The quantitative estimate of drug-likeness (QED) is 0.940. The fraction of sp³-hybridized carbons (Fsp3) is 0.353. The number of aromatic nitrogens is 2. The van der Waals surface area contributed by atoms with Gasteiger partial charge in [-0.15, -0.1) is 0 Å². The second kappa shape index (κ2) is 7.09. The Kier molecular flexibility index (Phi) is 4.71. The third-order valence-electron chi connectivity index (χ3n) is 3.87. The van der Waals surface area contributed by atoms with E-state index < -0.39 is 0 Å². The van der Waals surface area contributed by atoms with Crippen LogP contribution in [0.25, 0.3) is 0 Å². The van der Waals surface area contributed by atoms with Crippen LogP contribution in [0.2, 0.25) is 0 Å². The summed E-state index contributed by atoms with van der Waals surface area (Å²) in [6, 6.07) is 8.92. The molecule has 0 aliphatic carbocycles. The molecule has 1 saturated heterocycles. The number of piperidine rings is 1. The fourth-order valence-electron chi connectivity index (χ4n) is 2.66. The number of rotatable bonds is 4. The Bertz CT molecular complexity index is 684. The number of carbonyl (C=O) groups excluding carboxylic acids is 1. The number of benzene rings is 1. The molecule has 0 bridgehead atoms. The van der Waals surface area contributed by atoms with Crippen LogP contribution in [0.15, 0.2) is 36.5 Å². The Morgan fingerprint density at radius 1 is 1.17 bits per heavy atom. The molecule has 1 aromatic carbocycles. The molecule has 3 rings (SSSR count). The van der Waals surface area contributed by atoms with Crippen molar-refractivity contribution in [2.24, 2.45) is 0 Å². The highest BCUT2D eigenvalue weighted by Gasteiger charge is 2.16. The van der Waals surface area contributed by atoms with E-state index in [-0.39, 0.29) is 5.91 Å². The molecular weight excluding hydrogens is 292 g/mol. The van der Waals surface area contributed by atoms with Crippen LogP contribution in [0.5, 0.6) is 5.75 Å². The summed E-state index contributed by atoms with van der Waals surface area (Å²) in [6.07, 6.45) is 5.15. The molecule has 1 aromatic heterocycles. The van der Waals surface area contributed by atoms with E-state index in [1.807, 2.05) is 12.1 Å². The van der Waals surface area contributed by atoms with E-state index >= 15 is 0 Å². The molecule has 2 aromatic rings. The number of carbonyl (C=O) groups is 1. The van der Waals surface area contributed by atoms with E-state index in [2.05, 4.69) is 20.2 Å². The first-order valence-corrected chi connectivity index (χ1v) is 7.80. The summed E-state index contributed by atoms with van der Waals surface area (Å²) >= 11 is 0. The minimum atomic E-state index is -0.268. The Balaban J connectivity index is 1.77. The molecule has 1 amide bonds. The summed E-state index contributed by atoms with van der Waals surface area (Å²) in [5.41, 5.74) is 0.976. The zero-order chi connectivity index (χ0) is 16.1. The standard InChI is InChI=1S/C17H20N4O2/c1-23-15-8-4-3-7-13(15)19-16(22)14-9-10-18-17(20-14)21-11-5-2-6-12-21/h3-4,7-10H,2,5-6,11-12H2,1H3,(H,19,22). The number of methoxy groups -OCH3 is 1. The summed E-state index contributed by atoms with van der Waals surface area (Å²) < 4.78 is 5.25. The van der Waals surface area contributed by atoms with Crippen molar-refractivity contribution in [2.45, 2.75) is 19.3 Å². The molecule has 6 heteroatoms. The van der Waals surface area contributed by atoms with E-state index in [9.17, 15) is 4.79 Å². The average molecular weight is 312 g/mol. The molecule has 1 aliphatic rings. The lowest BCUT2D eigenvalue weighted by atomic mass is 10.1. The van der Waals surface area contributed by atoms with Crippen molar-refractivity contribution in [3.05, 3.63) is 42.2 Å². The maximum absolute atomic E-state index is 12.4. The number of ether oxygens (including phenoxy) is 1. The summed E-state index contributed by atoms with van der Waals surface area (Å²) in [5.74, 6) is 0.971. The van der Waals surface area contributed by atoms with Gasteiger partial charge >= 0.3 is 0 Å². The molecule has 0 unspecified atom stereocenters. The summed E-state index contributed by atoms with van der Waals surface area (Å²) in [7, 11) is 1.57. The van der Waals surface area contributed by atoms with Crippen LogP contribution in [0.1, 0.15) is 29.8 Å². The molecular formula is C17H20N4O2. The second-order valence-electron chi connectivity index (χ2n) is 5.44. The van der Waals surface area contributed by atoms with Crippen molar-refractivity contribution in [1.29, 1.82) is 0 Å². The van der Waals surface area contributed by atoms with Crippen LogP contribution in [0.4, 0.5) is 11.6 Å². The smallest absolute Gasteiger partial charge is 0.274 e. The molecule has 23 heavy (non-hydrogen) atoms.